The minimum atomic E-state index is -0.709. The van der Waals surface area contributed by atoms with Crippen molar-refractivity contribution in [3.05, 3.63) is 0 Å². The average Bonchev–Trinajstić information content (AvgIpc) is 2.85. The molecule has 0 spiro atoms. The number of ether oxygens (including phenoxy) is 2. The molecule has 1 fully saturated rings. The van der Waals surface area contributed by atoms with Gasteiger partial charge in [0.2, 0.25) is 5.91 Å². The molecule has 0 aliphatic heterocycles. The molecule has 1 saturated carbocycles. The van der Waals surface area contributed by atoms with Crippen LogP contribution in [0.5, 0.6) is 0 Å². The predicted molar refractivity (Wildman–Crippen MR) is 159 cm³/mol. The fourth-order valence-corrected chi connectivity index (χ4v) is 6.60. The first-order valence-electron chi connectivity index (χ1n) is 13.1. The zero-order chi connectivity index (χ0) is 28.1. The summed E-state index contributed by atoms with van der Waals surface area (Å²) >= 11 is 3.44. The van der Waals surface area contributed by atoms with Gasteiger partial charge in [0.05, 0.1) is 30.1 Å². The molecule has 0 saturated heterocycles. The minimum Gasteiger partial charge on any atom is -0.356 e. The van der Waals surface area contributed by atoms with Gasteiger partial charge in [0.15, 0.2) is 0 Å². The van der Waals surface area contributed by atoms with Crippen molar-refractivity contribution in [3.63, 3.8) is 0 Å². The Labute approximate surface area is 236 Å². The van der Waals surface area contributed by atoms with Crippen molar-refractivity contribution in [1.82, 2.24) is 10.6 Å². The van der Waals surface area contributed by atoms with Gasteiger partial charge in [0.25, 0.3) is 0 Å². The summed E-state index contributed by atoms with van der Waals surface area (Å²) in [4.78, 5) is 37.8. The second-order valence-electron chi connectivity index (χ2n) is 10.6. The van der Waals surface area contributed by atoms with E-state index in [0.29, 0.717) is 41.6 Å². The molecule has 1 aliphatic rings. The summed E-state index contributed by atoms with van der Waals surface area (Å²) in [5.41, 5.74) is -1.27. The van der Waals surface area contributed by atoms with Gasteiger partial charge in [-0.3, -0.25) is 4.79 Å². The van der Waals surface area contributed by atoms with E-state index in [4.69, 9.17) is 24.9 Å². The number of rotatable bonds is 21. The SMILES string of the molecule is [B][B]C(=O)C(CSC1CCC1SCC(NC(C)(C)CC)C(=O)[B][B])NC(=O)C(C)(C)CCOCOCC. The van der Waals surface area contributed by atoms with E-state index < -0.39 is 11.5 Å². The molecule has 0 bridgehead atoms. The number of thioether (sulfide) groups is 2. The largest absolute Gasteiger partial charge is 0.356 e. The fourth-order valence-electron chi connectivity index (χ4n) is 3.45. The molecule has 0 aromatic heterocycles. The lowest BCUT2D eigenvalue weighted by atomic mass is 9.51. The predicted octanol–water partition coefficient (Wildman–Crippen LogP) is 1.67. The van der Waals surface area contributed by atoms with Crippen molar-refractivity contribution in [2.24, 2.45) is 5.41 Å². The number of hydrogen-bond acceptors (Lipinski definition) is 8. The van der Waals surface area contributed by atoms with E-state index in [-0.39, 0.29) is 35.6 Å². The summed E-state index contributed by atoms with van der Waals surface area (Å²) < 4.78 is 10.6. The summed E-state index contributed by atoms with van der Waals surface area (Å²) in [5, 5.41) is 7.04. The fraction of sp³-hybridized carbons (Fsp3) is 0.875. The molecule has 6 radical (unpaired) electrons. The van der Waals surface area contributed by atoms with E-state index in [9.17, 15) is 14.4 Å². The zero-order valence-electron chi connectivity index (χ0n) is 23.3. The Balaban J connectivity index is 2.62. The lowest BCUT2D eigenvalue weighted by Gasteiger charge is -2.38. The standard InChI is InChI=1S/C24H42B4N2O5S2/c1-7-24(5,6)30-17(21(32)28-26)14-37-19-10-9-18(19)36-13-16(20(31)27-25)29-22(33)23(3,4)11-12-35-15-34-8-2/h16-19,30H,7-15H2,1-6H3,(H,29,33). The normalized spacial score (nSPS) is 19.4. The molecule has 13 heteroatoms. The molecule has 37 heavy (non-hydrogen) atoms. The molecular weight excluding hydrogens is 504 g/mol. The summed E-state index contributed by atoms with van der Waals surface area (Å²) in [6.45, 7) is 12.9. The minimum absolute atomic E-state index is 0.102. The van der Waals surface area contributed by atoms with Crippen LogP contribution in [0, 0.1) is 5.41 Å². The van der Waals surface area contributed by atoms with Gasteiger partial charge >= 0.3 is 0 Å². The third-order valence-electron chi connectivity index (χ3n) is 6.73. The maximum atomic E-state index is 12.9. The van der Waals surface area contributed by atoms with Crippen LogP contribution in [-0.4, -0.2) is 107 Å². The van der Waals surface area contributed by atoms with Gasteiger partial charge in [-0.1, -0.05) is 20.8 Å². The van der Waals surface area contributed by atoms with Crippen molar-refractivity contribution in [2.45, 2.75) is 95.3 Å². The van der Waals surface area contributed by atoms with Gasteiger partial charge in [-0.05, 0) is 46.5 Å². The topological polar surface area (TPSA) is 93.7 Å². The van der Waals surface area contributed by atoms with E-state index in [1.165, 1.54) is 0 Å². The van der Waals surface area contributed by atoms with Crippen molar-refractivity contribution in [3.8, 4) is 0 Å². The van der Waals surface area contributed by atoms with E-state index >= 15 is 0 Å². The molecular formula is C24H42B4N2O5S2. The molecule has 4 unspecified atom stereocenters. The van der Waals surface area contributed by atoms with Crippen LogP contribution < -0.4 is 10.6 Å². The highest BCUT2D eigenvalue weighted by Gasteiger charge is 2.36. The van der Waals surface area contributed by atoms with E-state index in [0.717, 1.165) is 33.6 Å². The molecule has 0 heterocycles. The Kier molecular flexibility index (Phi) is 16.3. The number of nitrogens with one attached hydrogen (secondary N) is 2. The van der Waals surface area contributed by atoms with Crippen LogP contribution in [0.15, 0.2) is 0 Å². The lowest BCUT2D eigenvalue weighted by molar-refractivity contribution is -0.133. The van der Waals surface area contributed by atoms with Gasteiger partial charge in [0.1, 0.15) is 21.1 Å². The summed E-state index contributed by atoms with van der Waals surface area (Å²) in [5.74, 6) is 0.862. The lowest BCUT2D eigenvalue weighted by Crippen LogP contribution is -2.52. The monoisotopic (exact) mass is 546 g/mol. The second kappa shape index (κ2) is 17.4. The molecule has 2 N–H and O–H groups in total. The maximum absolute atomic E-state index is 12.9. The second-order valence-corrected chi connectivity index (χ2v) is 13.1. The Bertz CT molecular complexity index is 733. The number of carbonyl (C=O) groups is 3. The highest BCUT2D eigenvalue weighted by molar-refractivity contribution is 8.04. The smallest absolute Gasteiger partial charge is 0.226 e. The first-order chi connectivity index (χ1) is 17.4. The van der Waals surface area contributed by atoms with Crippen LogP contribution in [-0.2, 0) is 23.9 Å². The first-order valence-corrected chi connectivity index (χ1v) is 15.1. The summed E-state index contributed by atoms with van der Waals surface area (Å²) in [6, 6.07) is -1.03. The quantitative estimate of drug-likeness (QED) is 0.128. The Morgan fingerprint density at radius 1 is 0.946 bits per heavy atom. The van der Waals surface area contributed by atoms with Crippen LogP contribution in [0.3, 0.4) is 0 Å². The van der Waals surface area contributed by atoms with Crippen molar-refractivity contribution in [1.29, 1.82) is 0 Å². The zero-order valence-corrected chi connectivity index (χ0v) is 25.0. The van der Waals surface area contributed by atoms with Gasteiger partial charge in [0, 0.05) is 55.0 Å². The molecule has 1 aliphatic carbocycles. The first kappa shape index (κ1) is 34.7. The third kappa shape index (κ3) is 12.6. The van der Waals surface area contributed by atoms with Crippen molar-refractivity contribution in [2.75, 3.05) is 31.5 Å². The summed E-state index contributed by atoms with van der Waals surface area (Å²) in [6.07, 6.45) is 3.47. The molecule has 1 amide bonds. The molecule has 202 valence electrons. The van der Waals surface area contributed by atoms with Crippen LogP contribution in [0.4, 0.5) is 0 Å². The Morgan fingerprint density at radius 2 is 1.49 bits per heavy atom. The average molecular weight is 546 g/mol. The maximum Gasteiger partial charge on any atom is 0.226 e. The molecule has 1 rings (SSSR count). The van der Waals surface area contributed by atoms with Gasteiger partial charge in [-0.15, -0.1) is 0 Å². The molecule has 0 aromatic rings. The number of carbonyl (C=O) groups excluding carboxylic acids is 3. The number of amides is 1. The van der Waals surface area contributed by atoms with Crippen LogP contribution in [0.2, 0.25) is 0 Å². The highest BCUT2D eigenvalue weighted by Crippen LogP contribution is 2.40. The van der Waals surface area contributed by atoms with E-state index in [1.54, 1.807) is 23.5 Å². The Morgan fingerprint density at radius 3 is 1.97 bits per heavy atom. The molecule has 7 nitrogen and oxygen atoms in total. The number of hydrogen-bond donors (Lipinski definition) is 2. The molecule has 0 aromatic carbocycles. The van der Waals surface area contributed by atoms with Crippen LogP contribution in [0.1, 0.15) is 67.2 Å². The Hall–Kier alpha value is -0.350. The van der Waals surface area contributed by atoms with E-state index in [2.05, 4.69) is 31.4 Å². The van der Waals surface area contributed by atoms with Gasteiger partial charge in [-0.25, -0.2) is 0 Å². The van der Waals surface area contributed by atoms with Crippen molar-refractivity contribution >= 4 is 70.6 Å². The third-order valence-corrected chi connectivity index (χ3v) is 9.94. The van der Waals surface area contributed by atoms with Crippen LogP contribution >= 0.6 is 23.5 Å². The van der Waals surface area contributed by atoms with Crippen molar-refractivity contribution < 1.29 is 23.9 Å². The van der Waals surface area contributed by atoms with E-state index in [1.807, 2.05) is 20.8 Å². The highest BCUT2D eigenvalue weighted by atomic mass is 32.2. The van der Waals surface area contributed by atoms with Gasteiger partial charge in [-0.2, -0.15) is 23.5 Å². The van der Waals surface area contributed by atoms with Gasteiger partial charge < -0.3 is 29.7 Å². The summed E-state index contributed by atoms with van der Waals surface area (Å²) in [7, 11) is 13.2. The molecule has 4 atom stereocenters. The van der Waals surface area contributed by atoms with Crippen LogP contribution in [0.25, 0.3) is 0 Å².